The van der Waals surface area contributed by atoms with Gasteiger partial charge in [-0.25, -0.2) is 4.79 Å². The highest BCUT2D eigenvalue weighted by Gasteiger charge is 2.22. The SMILES string of the molecule is CNC(=O)c1cc(Oc2ccc3c(c2)CN(C(=O)Nc2cccc4ccccc24)CC3)ccn1. The molecule has 0 spiro atoms. The molecule has 3 aromatic carbocycles. The van der Waals surface area contributed by atoms with Gasteiger partial charge in [0.15, 0.2) is 0 Å². The number of pyridine rings is 1. The normalized spacial score (nSPS) is 12.7. The number of hydrogen-bond donors (Lipinski definition) is 2. The number of carbonyl (C=O) groups is 2. The Balaban J connectivity index is 1.31. The second kappa shape index (κ2) is 9.23. The summed E-state index contributed by atoms with van der Waals surface area (Å²) in [5.41, 5.74) is 3.32. The van der Waals surface area contributed by atoms with E-state index < -0.39 is 0 Å². The van der Waals surface area contributed by atoms with Gasteiger partial charge in [0.1, 0.15) is 17.2 Å². The van der Waals surface area contributed by atoms with Gasteiger partial charge in [-0.3, -0.25) is 9.78 Å². The molecule has 1 aliphatic rings. The molecular weight excluding hydrogens is 428 g/mol. The van der Waals surface area contributed by atoms with E-state index in [0.29, 0.717) is 24.6 Å². The highest BCUT2D eigenvalue weighted by atomic mass is 16.5. The molecule has 1 aromatic heterocycles. The second-order valence-electron chi connectivity index (χ2n) is 8.12. The average Bonchev–Trinajstić information content (AvgIpc) is 2.88. The predicted molar refractivity (Wildman–Crippen MR) is 131 cm³/mol. The number of nitrogens with one attached hydrogen (secondary N) is 2. The first kappa shape index (κ1) is 21.5. The van der Waals surface area contributed by atoms with Crippen molar-refractivity contribution in [3.8, 4) is 11.5 Å². The van der Waals surface area contributed by atoms with E-state index in [0.717, 1.165) is 28.4 Å². The first-order valence-corrected chi connectivity index (χ1v) is 11.1. The lowest BCUT2D eigenvalue weighted by atomic mass is 9.99. The van der Waals surface area contributed by atoms with Crippen LogP contribution >= 0.6 is 0 Å². The molecule has 2 heterocycles. The van der Waals surface area contributed by atoms with Crippen molar-refractivity contribution in [3.05, 3.63) is 95.8 Å². The zero-order valence-electron chi connectivity index (χ0n) is 18.7. The van der Waals surface area contributed by atoms with Gasteiger partial charge >= 0.3 is 6.03 Å². The number of nitrogens with zero attached hydrogens (tertiary/aromatic N) is 2. The summed E-state index contributed by atoms with van der Waals surface area (Å²) in [6.45, 7) is 1.13. The maximum Gasteiger partial charge on any atom is 0.322 e. The second-order valence-corrected chi connectivity index (χ2v) is 8.12. The third kappa shape index (κ3) is 4.41. The number of aromatic nitrogens is 1. The highest BCUT2D eigenvalue weighted by Crippen LogP contribution is 2.29. The zero-order chi connectivity index (χ0) is 23.5. The third-order valence-corrected chi connectivity index (χ3v) is 5.94. The highest BCUT2D eigenvalue weighted by molar-refractivity contribution is 6.01. The Bertz CT molecular complexity index is 1380. The van der Waals surface area contributed by atoms with Crippen LogP contribution in [-0.2, 0) is 13.0 Å². The Morgan fingerprint density at radius 1 is 0.941 bits per heavy atom. The lowest BCUT2D eigenvalue weighted by Gasteiger charge is -2.29. The van der Waals surface area contributed by atoms with Crippen LogP contribution in [0.15, 0.2) is 79.0 Å². The monoisotopic (exact) mass is 452 g/mol. The van der Waals surface area contributed by atoms with Gasteiger partial charge < -0.3 is 20.3 Å². The quantitative estimate of drug-likeness (QED) is 0.458. The topological polar surface area (TPSA) is 83.6 Å². The van der Waals surface area contributed by atoms with Crippen LogP contribution in [0.5, 0.6) is 11.5 Å². The molecule has 1 aliphatic heterocycles. The number of hydrogen-bond acceptors (Lipinski definition) is 4. The van der Waals surface area contributed by atoms with Crippen molar-refractivity contribution in [3.63, 3.8) is 0 Å². The lowest BCUT2D eigenvalue weighted by molar-refractivity contribution is 0.0958. The fraction of sp³-hybridized carbons (Fsp3) is 0.148. The number of ether oxygens (including phenoxy) is 1. The molecule has 170 valence electrons. The van der Waals surface area contributed by atoms with E-state index in [9.17, 15) is 9.59 Å². The van der Waals surface area contributed by atoms with Crippen molar-refractivity contribution < 1.29 is 14.3 Å². The van der Waals surface area contributed by atoms with Gasteiger partial charge in [-0.15, -0.1) is 0 Å². The third-order valence-electron chi connectivity index (χ3n) is 5.94. The Kier molecular flexibility index (Phi) is 5.82. The molecule has 7 nitrogen and oxygen atoms in total. The van der Waals surface area contributed by atoms with Crippen molar-refractivity contribution in [1.82, 2.24) is 15.2 Å². The molecule has 0 saturated heterocycles. The molecule has 0 saturated carbocycles. The van der Waals surface area contributed by atoms with Crippen molar-refractivity contribution >= 4 is 28.4 Å². The van der Waals surface area contributed by atoms with Gasteiger partial charge in [0.2, 0.25) is 0 Å². The molecule has 0 unspecified atom stereocenters. The zero-order valence-corrected chi connectivity index (χ0v) is 18.7. The fourth-order valence-corrected chi connectivity index (χ4v) is 4.16. The van der Waals surface area contributed by atoms with Crippen LogP contribution in [0, 0.1) is 0 Å². The van der Waals surface area contributed by atoms with E-state index in [1.54, 1.807) is 19.2 Å². The Morgan fingerprint density at radius 2 is 1.76 bits per heavy atom. The van der Waals surface area contributed by atoms with Gasteiger partial charge in [-0.1, -0.05) is 42.5 Å². The fourth-order valence-electron chi connectivity index (χ4n) is 4.16. The van der Waals surface area contributed by atoms with Crippen molar-refractivity contribution in [1.29, 1.82) is 0 Å². The number of benzene rings is 3. The number of fused-ring (bicyclic) bond motifs is 2. The number of amides is 3. The summed E-state index contributed by atoms with van der Waals surface area (Å²) in [4.78, 5) is 30.8. The largest absolute Gasteiger partial charge is 0.457 e. The van der Waals surface area contributed by atoms with E-state index in [-0.39, 0.29) is 17.6 Å². The van der Waals surface area contributed by atoms with Gasteiger partial charge in [-0.05, 0) is 47.2 Å². The Labute approximate surface area is 197 Å². The van der Waals surface area contributed by atoms with E-state index in [1.807, 2.05) is 65.6 Å². The van der Waals surface area contributed by atoms with Crippen LogP contribution in [-0.4, -0.2) is 35.4 Å². The van der Waals surface area contributed by atoms with Crippen LogP contribution in [0.4, 0.5) is 10.5 Å². The molecule has 0 bridgehead atoms. The molecule has 0 aliphatic carbocycles. The van der Waals surface area contributed by atoms with E-state index >= 15 is 0 Å². The Hall–Kier alpha value is -4.39. The molecule has 0 fully saturated rings. The molecule has 2 N–H and O–H groups in total. The molecule has 3 amide bonds. The summed E-state index contributed by atoms with van der Waals surface area (Å²) in [5.74, 6) is 0.891. The molecule has 34 heavy (non-hydrogen) atoms. The Morgan fingerprint density at radius 3 is 2.65 bits per heavy atom. The van der Waals surface area contributed by atoms with Gasteiger partial charge in [0, 0.05) is 37.8 Å². The van der Waals surface area contributed by atoms with E-state index in [4.69, 9.17) is 4.74 Å². The van der Waals surface area contributed by atoms with Gasteiger partial charge in [0.05, 0.1) is 5.69 Å². The summed E-state index contributed by atoms with van der Waals surface area (Å²) >= 11 is 0. The molecular formula is C27H24N4O3. The molecule has 0 radical (unpaired) electrons. The van der Waals surface area contributed by atoms with E-state index in [1.165, 1.54) is 11.8 Å². The van der Waals surface area contributed by atoms with Crippen molar-refractivity contribution in [2.45, 2.75) is 13.0 Å². The first-order valence-electron chi connectivity index (χ1n) is 11.1. The number of carbonyl (C=O) groups excluding carboxylic acids is 2. The summed E-state index contributed by atoms with van der Waals surface area (Å²) in [5, 5.41) is 7.73. The van der Waals surface area contributed by atoms with Gasteiger partial charge in [0.25, 0.3) is 5.91 Å². The smallest absolute Gasteiger partial charge is 0.322 e. The number of anilines is 1. The molecule has 5 rings (SSSR count). The minimum absolute atomic E-state index is 0.127. The van der Waals surface area contributed by atoms with Gasteiger partial charge in [-0.2, -0.15) is 0 Å². The minimum Gasteiger partial charge on any atom is -0.457 e. The van der Waals surface area contributed by atoms with Crippen LogP contribution < -0.4 is 15.4 Å². The molecule has 0 atom stereocenters. The predicted octanol–water partition coefficient (Wildman–Crippen LogP) is 4.98. The van der Waals surface area contributed by atoms with Crippen LogP contribution in [0.3, 0.4) is 0 Å². The summed E-state index contributed by atoms with van der Waals surface area (Å²) < 4.78 is 5.98. The summed E-state index contributed by atoms with van der Waals surface area (Å²) in [7, 11) is 1.56. The maximum atomic E-state index is 13.1. The first-order chi connectivity index (χ1) is 16.6. The maximum absolute atomic E-state index is 13.1. The standard InChI is InChI=1S/C27H24N4O3/c1-28-26(32)25-16-22(11-13-29-25)34-21-10-9-18-12-14-31(17-20(18)15-21)27(33)30-24-8-4-6-19-5-2-3-7-23(19)24/h2-11,13,15-16H,12,14,17H2,1H3,(H,28,32)(H,30,33). The summed E-state index contributed by atoms with van der Waals surface area (Å²) in [6, 6.07) is 23.0. The minimum atomic E-state index is -0.274. The number of rotatable bonds is 4. The van der Waals surface area contributed by atoms with Crippen LogP contribution in [0.1, 0.15) is 21.6 Å². The number of urea groups is 1. The molecule has 7 heteroatoms. The summed E-state index contributed by atoms with van der Waals surface area (Å²) in [6.07, 6.45) is 2.31. The lowest BCUT2D eigenvalue weighted by Crippen LogP contribution is -2.38. The van der Waals surface area contributed by atoms with Crippen molar-refractivity contribution in [2.75, 3.05) is 18.9 Å². The molecule has 4 aromatic rings. The van der Waals surface area contributed by atoms with Crippen LogP contribution in [0.25, 0.3) is 10.8 Å². The average molecular weight is 453 g/mol. The van der Waals surface area contributed by atoms with Crippen molar-refractivity contribution in [2.24, 2.45) is 0 Å². The van der Waals surface area contributed by atoms with Crippen LogP contribution in [0.2, 0.25) is 0 Å². The van der Waals surface area contributed by atoms with E-state index in [2.05, 4.69) is 15.6 Å².